The Morgan fingerprint density at radius 3 is 1.79 bits per heavy atom. The summed E-state index contributed by atoms with van der Waals surface area (Å²) >= 11 is 1.83. The fourth-order valence-corrected chi connectivity index (χ4v) is 9.89. The van der Waals surface area contributed by atoms with Gasteiger partial charge in [-0.3, -0.25) is 4.57 Å². The Hall–Kier alpha value is -6.62. The first-order chi connectivity index (χ1) is 25.8. The minimum atomic E-state index is 0.836. The minimum Gasteiger partial charge on any atom is -0.292 e. The molecule has 0 amide bonds. The molecule has 0 spiro atoms. The van der Waals surface area contributed by atoms with Crippen molar-refractivity contribution in [2.75, 3.05) is 0 Å². The summed E-state index contributed by atoms with van der Waals surface area (Å²) in [5.41, 5.74) is 5.97. The molecule has 0 saturated heterocycles. The molecule has 3 nitrogen and oxygen atoms in total. The van der Waals surface area contributed by atoms with Crippen LogP contribution in [0.5, 0.6) is 0 Å². The Kier molecular flexibility index (Phi) is 5.65. The number of para-hydroxylation sites is 2. The third kappa shape index (κ3) is 3.79. The van der Waals surface area contributed by atoms with Gasteiger partial charge in [-0.2, -0.15) is 0 Å². The number of thiophene rings is 1. The molecule has 12 aromatic rings. The lowest BCUT2D eigenvalue weighted by Gasteiger charge is -2.15. The summed E-state index contributed by atoms with van der Waals surface area (Å²) in [6.07, 6.45) is 0. The molecular formula is C48H27N3S. The molecule has 3 heterocycles. The maximum absolute atomic E-state index is 5.53. The summed E-state index contributed by atoms with van der Waals surface area (Å²) in [5.74, 6) is 0.836. The highest BCUT2D eigenvalue weighted by Gasteiger charge is 2.24. The zero-order valence-corrected chi connectivity index (χ0v) is 28.7. The second kappa shape index (κ2) is 10.5. The van der Waals surface area contributed by atoms with Crippen LogP contribution in [0, 0.1) is 0 Å². The summed E-state index contributed by atoms with van der Waals surface area (Å²) in [7, 11) is 0. The van der Waals surface area contributed by atoms with Crippen LogP contribution in [-0.4, -0.2) is 14.5 Å². The van der Waals surface area contributed by atoms with Crippen molar-refractivity contribution in [3.63, 3.8) is 0 Å². The van der Waals surface area contributed by atoms with Gasteiger partial charge in [-0.05, 0) is 74.1 Å². The molecule has 0 aliphatic carbocycles. The van der Waals surface area contributed by atoms with E-state index in [1.54, 1.807) is 0 Å². The normalized spacial score (nSPS) is 12.2. The van der Waals surface area contributed by atoms with Crippen LogP contribution in [0.2, 0.25) is 0 Å². The van der Waals surface area contributed by atoms with Gasteiger partial charge in [0.15, 0.2) is 5.82 Å². The van der Waals surface area contributed by atoms with Gasteiger partial charge in [0.2, 0.25) is 0 Å². The van der Waals surface area contributed by atoms with E-state index in [0.29, 0.717) is 0 Å². The van der Waals surface area contributed by atoms with Crippen LogP contribution in [0.3, 0.4) is 0 Å². The van der Waals surface area contributed by atoms with Gasteiger partial charge in [0.05, 0.1) is 22.1 Å². The molecule has 0 aliphatic heterocycles. The molecule has 0 N–H and O–H groups in total. The quantitative estimate of drug-likeness (QED) is 0.171. The Morgan fingerprint density at radius 1 is 0.404 bits per heavy atom. The average molecular weight is 678 g/mol. The van der Waals surface area contributed by atoms with Crippen molar-refractivity contribution in [2.45, 2.75) is 0 Å². The van der Waals surface area contributed by atoms with Crippen LogP contribution in [0.4, 0.5) is 0 Å². The van der Waals surface area contributed by atoms with Gasteiger partial charge in [-0.1, -0.05) is 127 Å². The van der Waals surface area contributed by atoms with E-state index in [4.69, 9.17) is 9.97 Å². The van der Waals surface area contributed by atoms with E-state index in [-0.39, 0.29) is 0 Å². The van der Waals surface area contributed by atoms with E-state index in [0.717, 1.165) is 39.1 Å². The molecule has 9 aromatic carbocycles. The van der Waals surface area contributed by atoms with E-state index < -0.39 is 0 Å². The van der Waals surface area contributed by atoms with Gasteiger partial charge in [-0.15, -0.1) is 11.3 Å². The van der Waals surface area contributed by atoms with E-state index >= 15 is 0 Å². The molecule has 0 bridgehead atoms. The van der Waals surface area contributed by atoms with Gasteiger partial charge in [0, 0.05) is 41.9 Å². The molecule has 0 aliphatic rings. The molecule has 12 rings (SSSR count). The van der Waals surface area contributed by atoms with Gasteiger partial charge in [0.1, 0.15) is 5.69 Å². The van der Waals surface area contributed by atoms with Crippen LogP contribution in [0.1, 0.15) is 0 Å². The Labute approximate surface area is 301 Å². The van der Waals surface area contributed by atoms with Crippen LogP contribution >= 0.6 is 11.3 Å². The summed E-state index contributed by atoms with van der Waals surface area (Å²) in [6.45, 7) is 0. The first-order valence-corrected chi connectivity index (χ1v) is 18.5. The smallest absolute Gasteiger partial charge is 0.165 e. The number of rotatable bonds is 2. The zero-order chi connectivity index (χ0) is 33.9. The second-order valence-corrected chi connectivity index (χ2v) is 14.7. The van der Waals surface area contributed by atoms with Gasteiger partial charge in [-0.25, -0.2) is 9.97 Å². The molecule has 3 aromatic heterocycles. The summed E-state index contributed by atoms with van der Waals surface area (Å²) in [5, 5.41) is 15.0. The van der Waals surface area contributed by atoms with E-state index in [1.165, 1.54) is 74.0 Å². The lowest BCUT2D eigenvalue weighted by atomic mass is 9.91. The third-order valence-corrected chi connectivity index (χ3v) is 12.1. The molecule has 0 radical (unpaired) electrons. The Balaban J connectivity index is 1.31. The molecule has 0 atom stereocenters. The molecular weight excluding hydrogens is 651 g/mol. The van der Waals surface area contributed by atoms with Crippen molar-refractivity contribution in [1.82, 2.24) is 14.5 Å². The van der Waals surface area contributed by atoms with Crippen LogP contribution in [0.25, 0.3) is 113 Å². The topological polar surface area (TPSA) is 30.7 Å². The molecule has 0 fully saturated rings. The molecule has 4 heteroatoms. The fourth-order valence-electron chi connectivity index (χ4n) is 8.68. The van der Waals surface area contributed by atoms with Crippen LogP contribution in [0.15, 0.2) is 164 Å². The zero-order valence-electron chi connectivity index (χ0n) is 27.8. The lowest BCUT2D eigenvalue weighted by Crippen LogP contribution is -2.04. The highest BCUT2D eigenvalue weighted by atomic mass is 32.1. The number of nitrogens with zero attached hydrogens (tertiary/aromatic N) is 3. The monoisotopic (exact) mass is 677 g/mol. The maximum Gasteiger partial charge on any atom is 0.165 e. The first-order valence-electron chi connectivity index (χ1n) is 17.7. The van der Waals surface area contributed by atoms with Gasteiger partial charge >= 0.3 is 0 Å². The standard InChI is InChI=1S/C48H27N3S/c1-2-13-29-27-42-38(26-28(29)12-1)45-41(25-24-35-32-16-4-3-14-30(32)31-15-5-6-18-34(31)44(35)45)51(42)48-46(49-39-21-8-9-22-40(39)50-48)37-20-11-19-36-33-17-7-10-23-43(33)52-47(36)37/h1-27H. The first kappa shape index (κ1) is 28.1. The van der Waals surface area contributed by atoms with Gasteiger partial charge < -0.3 is 0 Å². The highest BCUT2D eigenvalue weighted by Crippen LogP contribution is 2.46. The van der Waals surface area contributed by atoms with Crippen LogP contribution in [-0.2, 0) is 0 Å². The van der Waals surface area contributed by atoms with Crippen LogP contribution < -0.4 is 0 Å². The molecule has 240 valence electrons. The predicted octanol–water partition coefficient (Wildman–Crippen LogP) is 13.4. The van der Waals surface area contributed by atoms with Crippen molar-refractivity contribution in [1.29, 1.82) is 0 Å². The van der Waals surface area contributed by atoms with Crippen molar-refractivity contribution in [2.24, 2.45) is 0 Å². The van der Waals surface area contributed by atoms with Crippen molar-refractivity contribution in [3.05, 3.63) is 164 Å². The molecule has 0 saturated carbocycles. The lowest BCUT2D eigenvalue weighted by molar-refractivity contribution is 1.08. The Bertz CT molecular complexity index is 3440. The summed E-state index contributed by atoms with van der Waals surface area (Å²) in [6, 6.07) is 59.3. The SMILES string of the molecule is c1ccc2cc3c(cc2c1)c1c2c4ccccc4c4ccccc4c2ccc1n3-c1nc2ccccc2nc1-c1cccc2c1sc1ccccc12. The largest absolute Gasteiger partial charge is 0.292 e. The average Bonchev–Trinajstić information content (AvgIpc) is 3.75. The number of aromatic nitrogens is 3. The number of hydrogen-bond acceptors (Lipinski definition) is 3. The number of benzene rings is 9. The third-order valence-electron chi connectivity index (χ3n) is 10.9. The van der Waals surface area contributed by atoms with E-state index in [1.807, 2.05) is 11.3 Å². The second-order valence-electron chi connectivity index (χ2n) is 13.7. The van der Waals surface area contributed by atoms with Crippen molar-refractivity contribution < 1.29 is 0 Å². The summed E-state index contributed by atoms with van der Waals surface area (Å²) in [4.78, 5) is 11.0. The highest BCUT2D eigenvalue weighted by molar-refractivity contribution is 7.26. The van der Waals surface area contributed by atoms with E-state index in [2.05, 4.69) is 168 Å². The fraction of sp³-hybridized carbons (Fsp3) is 0. The summed E-state index contributed by atoms with van der Waals surface area (Å²) < 4.78 is 4.89. The minimum absolute atomic E-state index is 0.836. The number of hydrogen-bond donors (Lipinski definition) is 0. The van der Waals surface area contributed by atoms with E-state index in [9.17, 15) is 0 Å². The molecule has 0 unspecified atom stereocenters. The Morgan fingerprint density at radius 2 is 1.00 bits per heavy atom. The maximum atomic E-state index is 5.53. The number of fused-ring (bicyclic) bond motifs is 15. The van der Waals surface area contributed by atoms with Crippen molar-refractivity contribution >= 4 is 107 Å². The predicted molar refractivity (Wildman–Crippen MR) is 222 cm³/mol. The van der Waals surface area contributed by atoms with Gasteiger partial charge in [0.25, 0.3) is 0 Å². The van der Waals surface area contributed by atoms with Crippen molar-refractivity contribution in [3.8, 4) is 17.1 Å². The molecule has 52 heavy (non-hydrogen) atoms.